The van der Waals surface area contributed by atoms with Crippen LogP contribution in [0.15, 0.2) is 0 Å². The zero-order valence-corrected chi connectivity index (χ0v) is 21.9. The molecule has 3 amide bonds. The van der Waals surface area contributed by atoms with E-state index >= 15 is 0 Å². The highest BCUT2D eigenvalue weighted by Crippen LogP contribution is 2.42. The first-order chi connectivity index (χ1) is 16.9. The zero-order chi connectivity index (χ0) is 26.5. The summed E-state index contributed by atoms with van der Waals surface area (Å²) in [6.07, 6.45) is 6.71. The van der Waals surface area contributed by atoms with Gasteiger partial charge in [0.2, 0.25) is 11.8 Å². The lowest BCUT2D eigenvalue weighted by Crippen LogP contribution is -2.55. The summed E-state index contributed by atoms with van der Waals surface area (Å²) >= 11 is 0. The Hall–Kier alpha value is -1.92. The van der Waals surface area contributed by atoms with Crippen LogP contribution in [0, 0.1) is 29.6 Å². The lowest BCUT2D eigenvalue weighted by Gasteiger charge is -2.38. The third kappa shape index (κ3) is 8.31. The van der Waals surface area contributed by atoms with Crippen molar-refractivity contribution >= 4 is 28.0 Å². The highest BCUT2D eigenvalue weighted by molar-refractivity contribution is 7.86. The molecule has 5 unspecified atom stereocenters. The summed E-state index contributed by atoms with van der Waals surface area (Å²) in [5, 5.41) is 17.7. The molecule has 6 atom stereocenters. The lowest BCUT2D eigenvalue weighted by atomic mass is 9.68. The van der Waals surface area contributed by atoms with Crippen LogP contribution in [-0.4, -0.2) is 66.7 Å². The Bertz CT molecular complexity index is 884. The second-order valence-corrected chi connectivity index (χ2v) is 12.6. The molecule has 36 heavy (non-hydrogen) atoms. The van der Waals surface area contributed by atoms with Gasteiger partial charge in [-0.15, -0.1) is 0 Å². The fourth-order valence-corrected chi connectivity index (χ4v) is 6.58. The van der Waals surface area contributed by atoms with Crippen LogP contribution in [0.4, 0.5) is 4.79 Å². The molecular weight excluding hydrogens is 490 g/mol. The number of hydrogen-bond donors (Lipinski definition) is 4. The largest absolute Gasteiger partial charge is 0.746 e. The number of amides is 3. The maximum absolute atomic E-state index is 13.1. The average molecular weight is 531 g/mol. The van der Waals surface area contributed by atoms with Crippen LogP contribution in [0.5, 0.6) is 0 Å². The van der Waals surface area contributed by atoms with Crippen LogP contribution in [-0.2, 0) is 24.4 Å². The number of aliphatic hydroxyl groups excluding tert-OH is 1. The van der Waals surface area contributed by atoms with Gasteiger partial charge in [-0.05, 0) is 62.2 Å². The van der Waals surface area contributed by atoms with Gasteiger partial charge in [-0.25, -0.2) is 13.2 Å². The van der Waals surface area contributed by atoms with Gasteiger partial charge in [-0.1, -0.05) is 33.1 Å². The standard InChI is InChI=1S/C24H41N3O8S/c1-14(2)8-19(27-24(31)35-13-17-10-15-4-3-5-16(9-15)11-17)22(29)26-20(23(30)36(32,33)34)12-18-6-7-25-21(18)28/h14-20,23,30H,3-13H2,1-2H3,(H,25,28)(H,26,29)(H,27,31)(H,32,33,34)/p-1/t15?,16?,17?,18?,19-,20?,23?/m0/s1. The summed E-state index contributed by atoms with van der Waals surface area (Å²) < 4.78 is 39.9. The number of carbonyl (C=O) groups is 3. The SMILES string of the molecule is CC(C)C[C@H](NC(=O)OCC1CC2CCCC(C2)C1)C(=O)NC(CC1CCNC1=O)C(O)S(=O)(=O)[O-]. The van der Waals surface area contributed by atoms with Crippen molar-refractivity contribution in [3.8, 4) is 0 Å². The molecule has 0 radical (unpaired) electrons. The summed E-state index contributed by atoms with van der Waals surface area (Å²) in [6, 6.07) is -2.56. The molecule has 3 rings (SSSR count). The second-order valence-electron chi connectivity index (χ2n) is 11.2. The molecule has 12 heteroatoms. The van der Waals surface area contributed by atoms with Gasteiger partial charge in [0.1, 0.15) is 16.2 Å². The van der Waals surface area contributed by atoms with Gasteiger partial charge in [-0.3, -0.25) is 9.59 Å². The number of nitrogens with one attached hydrogen (secondary N) is 3. The van der Waals surface area contributed by atoms with Crippen LogP contribution in [0.1, 0.15) is 71.6 Å². The molecule has 1 heterocycles. The van der Waals surface area contributed by atoms with E-state index in [1.165, 1.54) is 25.7 Å². The summed E-state index contributed by atoms with van der Waals surface area (Å²) in [4.78, 5) is 37.6. The molecular formula is C24H40N3O8S-. The van der Waals surface area contributed by atoms with E-state index in [1.807, 2.05) is 13.8 Å². The molecule has 11 nitrogen and oxygen atoms in total. The molecule has 3 fully saturated rings. The van der Waals surface area contributed by atoms with Crippen molar-refractivity contribution in [1.29, 1.82) is 0 Å². The van der Waals surface area contributed by atoms with E-state index in [-0.39, 0.29) is 31.3 Å². The van der Waals surface area contributed by atoms with Gasteiger partial charge in [0.05, 0.1) is 12.6 Å². The first-order valence-electron chi connectivity index (χ1n) is 13.1. The summed E-state index contributed by atoms with van der Waals surface area (Å²) in [5.74, 6) is -0.0610. The second kappa shape index (κ2) is 12.6. The highest BCUT2D eigenvalue weighted by Gasteiger charge is 2.36. The van der Waals surface area contributed by atoms with Gasteiger partial charge in [-0.2, -0.15) is 0 Å². The number of hydrogen-bond acceptors (Lipinski definition) is 8. The van der Waals surface area contributed by atoms with Gasteiger partial charge in [0, 0.05) is 12.5 Å². The Kier molecular flexibility index (Phi) is 9.99. The highest BCUT2D eigenvalue weighted by atomic mass is 32.2. The first-order valence-corrected chi connectivity index (χ1v) is 14.5. The van der Waals surface area contributed by atoms with E-state index in [4.69, 9.17) is 4.74 Å². The van der Waals surface area contributed by atoms with E-state index in [9.17, 15) is 32.5 Å². The third-order valence-corrected chi connectivity index (χ3v) is 8.58. The minimum Gasteiger partial charge on any atom is -0.746 e. The first kappa shape index (κ1) is 28.6. The summed E-state index contributed by atoms with van der Waals surface area (Å²) in [5.41, 5.74) is -2.42. The monoisotopic (exact) mass is 530 g/mol. The van der Waals surface area contributed by atoms with Gasteiger partial charge >= 0.3 is 6.09 Å². The normalized spacial score (nSPS) is 28.6. The fraction of sp³-hybridized carbons (Fsp3) is 0.875. The third-order valence-electron chi connectivity index (χ3n) is 7.66. The quantitative estimate of drug-likeness (QED) is 0.288. The molecule has 0 aromatic heterocycles. The van der Waals surface area contributed by atoms with Crippen molar-refractivity contribution in [3.63, 3.8) is 0 Å². The number of carbonyl (C=O) groups excluding carboxylic acids is 3. The van der Waals surface area contributed by atoms with Gasteiger partial charge < -0.3 is 30.3 Å². The fourth-order valence-electron chi connectivity index (χ4n) is 5.99. The summed E-state index contributed by atoms with van der Waals surface area (Å²) in [6.45, 7) is 4.37. The van der Waals surface area contributed by atoms with Crippen molar-refractivity contribution < 1.29 is 37.2 Å². The van der Waals surface area contributed by atoms with E-state index < -0.39 is 45.6 Å². The van der Waals surface area contributed by atoms with E-state index in [1.54, 1.807) is 0 Å². The predicted molar refractivity (Wildman–Crippen MR) is 129 cm³/mol. The van der Waals surface area contributed by atoms with Crippen LogP contribution in [0.25, 0.3) is 0 Å². The molecule has 2 bridgehead atoms. The van der Waals surface area contributed by atoms with E-state index in [2.05, 4.69) is 16.0 Å². The van der Waals surface area contributed by atoms with Gasteiger partial charge in [0.25, 0.3) is 0 Å². The van der Waals surface area contributed by atoms with Crippen LogP contribution in [0.2, 0.25) is 0 Å². The molecule has 3 aliphatic rings. The zero-order valence-electron chi connectivity index (χ0n) is 21.1. The van der Waals surface area contributed by atoms with Crippen molar-refractivity contribution in [1.82, 2.24) is 16.0 Å². The van der Waals surface area contributed by atoms with Crippen LogP contribution >= 0.6 is 0 Å². The molecule has 2 aliphatic carbocycles. The van der Waals surface area contributed by atoms with E-state index in [0.717, 1.165) is 12.8 Å². The number of alkyl carbamates (subject to hydrolysis) is 1. The van der Waals surface area contributed by atoms with Crippen molar-refractivity contribution in [2.24, 2.45) is 29.6 Å². The molecule has 1 saturated heterocycles. The molecule has 2 saturated carbocycles. The van der Waals surface area contributed by atoms with Crippen LogP contribution in [0.3, 0.4) is 0 Å². The Balaban J connectivity index is 1.59. The minimum absolute atomic E-state index is 0.00834. The Labute approximate surface area is 213 Å². The topological polar surface area (TPSA) is 174 Å². The number of fused-ring (bicyclic) bond motifs is 2. The predicted octanol–water partition coefficient (Wildman–Crippen LogP) is 1.22. The van der Waals surface area contributed by atoms with E-state index in [0.29, 0.717) is 30.7 Å². The summed E-state index contributed by atoms with van der Waals surface area (Å²) in [7, 11) is -5.16. The Morgan fingerprint density at radius 1 is 1.14 bits per heavy atom. The van der Waals surface area contributed by atoms with Crippen molar-refractivity contribution in [2.75, 3.05) is 13.2 Å². The lowest BCUT2D eigenvalue weighted by molar-refractivity contribution is -0.126. The molecule has 0 aromatic rings. The molecule has 0 aromatic carbocycles. The van der Waals surface area contributed by atoms with Crippen LogP contribution < -0.4 is 16.0 Å². The van der Waals surface area contributed by atoms with Crippen molar-refractivity contribution in [2.45, 2.75) is 89.2 Å². The van der Waals surface area contributed by atoms with Crippen molar-refractivity contribution in [3.05, 3.63) is 0 Å². The number of aliphatic hydroxyl groups is 1. The number of ether oxygens (including phenoxy) is 1. The Morgan fingerprint density at radius 3 is 2.36 bits per heavy atom. The molecule has 0 spiro atoms. The molecule has 206 valence electrons. The molecule has 1 aliphatic heterocycles. The maximum Gasteiger partial charge on any atom is 0.407 e. The number of rotatable bonds is 11. The minimum atomic E-state index is -5.16. The Morgan fingerprint density at radius 2 is 1.81 bits per heavy atom. The maximum atomic E-state index is 13.1. The smallest absolute Gasteiger partial charge is 0.407 e. The average Bonchev–Trinajstić information content (AvgIpc) is 3.19. The van der Waals surface area contributed by atoms with Gasteiger partial charge in [0.15, 0.2) is 5.44 Å². The molecule has 4 N–H and O–H groups in total.